The third kappa shape index (κ3) is 5.71. The first-order valence-electron chi connectivity index (χ1n) is 6.41. The highest BCUT2D eigenvalue weighted by molar-refractivity contribution is 5.45. The van der Waals surface area contributed by atoms with Gasteiger partial charge in [0.1, 0.15) is 0 Å². The first-order chi connectivity index (χ1) is 8.24. The normalized spacial score (nSPS) is 10.5. The van der Waals surface area contributed by atoms with E-state index in [4.69, 9.17) is 0 Å². The van der Waals surface area contributed by atoms with E-state index in [0.29, 0.717) is 0 Å². The SMILES string of the molecule is CCCNCCNCc1ccc(N(C)C)cc1. The molecule has 1 aromatic rings. The standard InChI is InChI=1S/C14H25N3/c1-4-9-15-10-11-16-12-13-5-7-14(8-6-13)17(2)3/h5-8,15-16H,4,9-12H2,1-3H3. The van der Waals surface area contributed by atoms with Gasteiger partial charge in [-0.2, -0.15) is 0 Å². The van der Waals surface area contributed by atoms with Gasteiger partial charge in [-0.25, -0.2) is 0 Å². The molecule has 17 heavy (non-hydrogen) atoms. The number of benzene rings is 1. The van der Waals surface area contributed by atoms with Crippen LogP contribution in [0.5, 0.6) is 0 Å². The quantitative estimate of drug-likeness (QED) is 0.673. The molecule has 0 aliphatic heterocycles. The Labute approximate surface area is 105 Å². The Morgan fingerprint density at radius 2 is 1.59 bits per heavy atom. The van der Waals surface area contributed by atoms with Gasteiger partial charge in [0.2, 0.25) is 0 Å². The maximum Gasteiger partial charge on any atom is 0.0361 e. The Morgan fingerprint density at radius 3 is 2.18 bits per heavy atom. The molecule has 0 aliphatic rings. The lowest BCUT2D eigenvalue weighted by molar-refractivity contribution is 0.607. The van der Waals surface area contributed by atoms with E-state index in [1.165, 1.54) is 17.7 Å². The summed E-state index contributed by atoms with van der Waals surface area (Å²) in [6.45, 7) is 6.31. The summed E-state index contributed by atoms with van der Waals surface area (Å²) in [4.78, 5) is 2.12. The smallest absolute Gasteiger partial charge is 0.0361 e. The summed E-state index contributed by atoms with van der Waals surface area (Å²) < 4.78 is 0. The van der Waals surface area contributed by atoms with Crippen molar-refractivity contribution in [1.29, 1.82) is 0 Å². The predicted octanol–water partition coefficient (Wildman–Crippen LogP) is 1.84. The van der Waals surface area contributed by atoms with Crippen LogP contribution in [-0.2, 0) is 6.54 Å². The molecule has 0 amide bonds. The molecule has 0 radical (unpaired) electrons. The van der Waals surface area contributed by atoms with E-state index in [1.54, 1.807) is 0 Å². The highest BCUT2D eigenvalue weighted by atomic mass is 15.1. The zero-order valence-electron chi connectivity index (χ0n) is 11.3. The number of hydrogen-bond donors (Lipinski definition) is 2. The maximum absolute atomic E-state index is 3.43. The molecule has 3 nitrogen and oxygen atoms in total. The average molecular weight is 235 g/mol. The summed E-state index contributed by atoms with van der Waals surface area (Å²) >= 11 is 0. The summed E-state index contributed by atoms with van der Waals surface area (Å²) in [7, 11) is 4.12. The van der Waals surface area contributed by atoms with E-state index in [0.717, 1.165) is 26.2 Å². The zero-order chi connectivity index (χ0) is 12.5. The molecule has 3 heteroatoms. The van der Waals surface area contributed by atoms with E-state index >= 15 is 0 Å². The van der Waals surface area contributed by atoms with Crippen molar-refractivity contribution in [2.75, 3.05) is 38.6 Å². The molecule has 2 N–H and O–H groups in total. The lowest BCUT2D eigenvalue weighted by Gasteiger charge is -2.13. The molecule has 0 bridgehead atoms. The molecule has 0 heterocycles. The second-order valence-electron chi connectivity index (χ2n) is 4.49. The molecular formula is C14H25N3. The Kier molecular flexibility index (Phi) is 6.67. The molecule has 1 aromatic carbocycles. The fourth-order valence-electron chi connectivity index (χ4n) is 1.62. The van der Waals surface area contributed by atoms with Crippen LogP contribution < -0.4 is 15.5 Å². The van der Waals surface area contributed by atoms with E-state index in [2.05, 4.69) is 60.8 Å². The van der Waals surface area contributed by atoms with Gasteiger partial charge in [0.25, 0.3) is 0 Å². The van der Waals surface area contributed by atoms with Crippen LogP contribution in [0.2, 0.25) is 0 Å². The first kappa shape index (κ1) is 14.0. The number of nitrogens with zero attached hydrogens (tertiary/aromatic N) is 1. The second-order valence-corrected chi connectivity index (χ2v) is 4.49. The summed E-state index contributed by atoms with van der Waals surface area (Å²) in [6.07, 6.45) is 1.20. The number of rotatable bonds is 8. The van der Waals surface area contributed by atoms with E-state index < -0.39 is 0 Å². The fourth-order valence-corrected chi connectivity index (χ4v) is 1.62. The van der Waals surface area contributed by atoms with Crippen molar-refractivity contribution < 1.29 is 0 Å². The van der Waals surface area contributed by atoms with Gasteiger partial charge in [-0.15, -0.1) is 0 Å². The fraction of sp³-hybridized carbons (Fsp3) is 0.571. The highest BCUT2D eigenvalue weighted by Gasteiger charge is 1.95. The lowest BCUT2D eigenvalue weighted by Crippen LogP contribution is -2.27. The third-order valence-electron chi connectivity index (χ3n) is 2.69. The van der Waals surface area contributed by atoms with Gasteiger partial charge in [0.05, 0.1) is 0 Å². The summed E-state index contributed by atoms with van der Waals surface area (Å²) in [5.74, 6) is 0. The minimum atomic E-state index is 0.946. The number of hydrogen-bond acceptors (Lipinski definition) is 3. The Bertz CT molecular complexity index is 293. The first-order valence-corrected chi connectivity index (χ1v) is 6.41. The topological polar surface area (TPSA) is 27.3 Å². The summed E-state index contributed by atoms with van der Waals surface area (Å²) in [5.41, 5.74) is 2.59. The highest BCUT2D eigenvalue weighted by Crippen LogP contribution is 2.11. The molecule has 0 aromatic heterocycles. The molecule has 0 aliphatic carbocycles. The maximum atomic E-state index is 3.43. The molecule has 0 atom stereocenters. The molecule has 0 saturated heterocycles. The van der Waals surface area contributed by atoms with Crippen molar-refractivity contribution in [2.24, 2.45) is 0 Å². The Morgan fingerprint density at radius 1 is 0.941 bits per heavy atom. The van der Waals surface area contributed by atoms with Gasteiger partial charge in [-0.05, 0) is 30.7 Å². The average Bonchev–Trinajstić information content (AvgIpc) is 2.34. The summed E-state index contributed by atoms with van der Waals surface area (Å²) in [5, 5.41) is 6.81. The van der Waals surface area contributed by atoms with Gasteiger partial charge in [0, 0.05) is 39.4 Å². The van der Waals surface area contributed by atoms with Crippen LogP contribution in [0.25, 0.3) is 0 Å². The van der Waals surface area contributed by atoms with Crippen molar-refractivity contribution in [3.8, 4) is 0 Å². The molecular weight excluding hydrogens is 210 g/mol. The van der Waals surface area contributed by atoms with Crippen LogP contribution in [0, 0.1) is 0 Å². The minimum absolute atomic E-state index is 0.946. The second kappa shape index (κ2) is 8.09. The van der Waals surface area contributed by atoms with Crippen molar-refractivity contribution in [1.82, 2.24) is 10.6 Å². The van der Waals surface area contributed by atoms with E-state index in [-0.39, 0.29) is 0 Å². The van der Waals surface area contributed by atoms with Gasteiger partial charge in [-0.1, -0.05) is 19.1 Å². The number of anilines is 1. The Hall–Kier alpha value is -1.06. The van der Waals surface area contributed by atoms with Gasteiger partial charge in [-0.3, -0.25) is 0 Å². The van der Waals surface area contributed by atoms with Crippen LogP contribution >= 0.6 is 0 Å². The van der Waals surface area contributed by atoms with Crippen LogP contribution in [0.15, 0.2) is 24.3 Å². The monoisotopic (exact) mass is 235 g/mol. The molecule has 96 valence electrons. The van der Waals surface area contributed by atoms with Gasteiger partial charge < -0.3 is 15.5 Å². The van der Waals surface area contributed by atoms with Crippen molar-refractivity contribution in [2.45, 2.75) is 19.9 Å². The van der Waals surface area contributed by atoms with Crippen LogP contribution in [0.1, 0.15) is 18.9 Å². The minimum Gasteiger partial charge on any atom is -0.378 e. The molecule has 1 rings (SSSR count). The molecule has 0 spiro atoms. The third-order valence-corrected chi connectivity index (χ3v) is 2.69. The molecule has 0 saturated carbocycles. The number of nitrogens with one attached hydrogen (secondary N) is 2. The van der Waals surface area contributed by atoms with Crippen molar-refractivity contribution in [3.05, 3.63) is 29.8 Å². The zero-order valence-corrected chi connectivity index (χ0v) is 11.3. The summed E-state index contributed by atoms with van der Waals surface area (Å²) in [6, 6.07) is 8.68. The van der Waals surface area contributed by atoms with Crippen molar-refractivity contribution >= 4 is 5.69 Å². The van der Waals surface area contributed by atoms with Crippen LogP contribution in [-0.4, -0.2) is 33.7 Å². The van der Waals surface area contributed by atoms with Gasteiger partial charge >= 0.3 is 0 Å². The van der Waals surface area contributed by atoms with Gasteiger partial charge in [0.15, 0.2) is 0 Å². The van der Waals surface area contributed by atoms with Crippen LogP contribution in [0.3, 0.4) is 0 Å². The predicted molar refractivity (Wildman–Crippen MR) is 75.6 cm³/mol. The van der Waals surface area contributed by atoms with Crippen molar-refractivity contribution in [3.63, 3.8) is 0 Å². The molecule has 0 fully saturated rings. The van der Waals surface area contributed by atoms with E-state index in [9.17, 15) is 0 Å². The van der Waals surface area contributed by atoms with Crippen LogP contribution in [0.4, 0.5) is 5.69 Å². The molecule has 0 unspecified atom stereocenters. The Balaban J connectivity index is 2.19. The van der Waals surface area contributed by atoms with E-state index in [1.807, 2.05) is 0 Å². The largest absolute Gasteiger partial charge is 0.378 e. The lowest BCUT2D eigenvalue weighted by atomic mass is 10.2.